The van der Waals surface area contributed by atoms with Gasteiger partial charge in [0, 0.05) is 25.7 Å². The Kier molecular flexibility index (Phi) is 4.17. The highest BCUT2D eigenvalue weighted by Gasteiger charge is 2.45. The zero-order valence-electron chi connectivity index (χ0n) is 12.9. The van der Waals surface area contributed by atoms with Gasteiger partial charge in [0.25, 0.3) is 0 Å². The summed E-state index contributed by atoms with van der Waals surface area (Å²) in [7, 11) is 0. The number of Topliss-reactive ketones (excluding diaryl/α,β-unsaturated/α-hetero) is 2. The van der Waals surface area contributed by atoms with E-state index in [-0.39, 0.29) is 5.41 Å². The molecule has 4 unspecified atom stereocenters. The van der Waals surface area contributed by atoms with E-state index in [1.807, 2.05) is 0 Å². The molecule has 2 aliphatic carbocycles. The maximum Gasteiger partial charge on any atom is 0.133 e. The van der Waals surface area contributed by atoms with Gasteiger partial charge in [-0.2, -0.15) is 0 Å². The predicted molar refractivity (Wildman–Crippen MR) is 76.8 cm³/mol. The van der Waals surface area contributed by atoms with Crippen molar-refractivity contribution >= 4 is 11.6 Å². The first-order valence-corrected chi connectivity index (χ1v) is 7.85. The normalized spacial score (nSPS) is 37.5. The van der Waals surface area contributed by atoms with Crippen LogP contribution in [0.4, 0.5) is 0 Å². The Labute approximate surface area is 117 Å². The number of hydrogen-bond donors (Lipinski definition) is 0. The van der Waals surface area contributed by atoms with Gasteiger partial charge in [-0.05, 0) is 41.9 Å². The fraction of sp³-hybridized carbons (Fsp3) is 0.882. The van der Waals surface area contributed by atoms with E-state index in [1.165, 1.54) is 0 Å². The molecular formula is C17H28O2. The average Bonchev–Trinajstić information content (AvgIpc) is 2.27. The summed E-state index contributed by atoms with van der Waals surface area (Å²) >= 11 is 0. The van der Waals surface area contributed by atoms with Crippen LogP contribution in [0.1, 0.15) is 66.2 Å². The van der Waals surface area contributed by atoms with E-state index < -0.39 is 0 Å². The van der Waals surface area contributed by atoms with Crippen LogP contribution in [0.2, 0.25) is 0 Å². The molecule has 2 nitrogen and oxygen atoms in total. The first-order chi connectivity index (χ1) is 8.82. The minimum atomic E-state index is 0.250. The largest absolute Gasteiger partial charge is 0.300 e. The second-order valence-corrected chi connectivity index (χ2v) is 7.55. The Hall–Kier alpha value is -0.660. The Bertz CT molecular complexity index is 335. The molecule has 2 saturated carbocycles. The van der Waals surface area contributed by atoms with E-state index in [0.717, 1.165) is 38.5 Å². The molecule has 2 heteroatoms. The summed E-state index contributed by atoms with van der Waals surface area (Å²) in [6.07, 6.45) is 5.13. The molecule has 0 bridgehead atoms. The van der Waals surface area contributed by atoms with Gasteiger partial charge in [-0.25, -0.2) is 0 Å². The summed E-state index contributed by atoms with van der Waals surface area (Å²) in [4.78, 5) is 23.2. The molecule has 0 aromatic heterocycles. The fourth-order valence-electron chi connectivity index (χ4n) is 4.89. The lowest BCUT2D eigenvalue weighted by molar-refractivity contribution is -0.127. The molecule has 0 aromatic carbocycles. The minimum Gasteiger partial charge on any atom is -0.300 e. The van der Waals surface area contributed by atoms with Crippen molar-refractivity contribution in [2.45, 2.75) is 66.2 Å². The van der Waals surface area contributed by atoms with Crippen LogP contribution in [-0.2, 0) is 9.59 Å². The number of rotatable bonds is 2. The highest BCUT2D eigenvalue weighted by molar-refractivity contribution is 5.80. The van der Waals surface area contributed by atoms with Crippen molar-refractivity contribution in [3.63, 3.8) is 0 Å². The van der Waals surface area contributed by atoms with Gasteiger partial charge in [0.1, 0.15) is 11.6 Å². The van der Waals surface area contributed by atoms with Gasteiger partial charge in [0.15, 0.2) is 0 Å². The lowest BCUT2D eigenvalue weighted by atomic mass is 9.56. The van der Waals surface area contributed by atoms with Crippen LogP contribution in [0.25, 0.3) is 0 Å². The Morgan fingerprint density at radius 2 is 1.21 bits per heavy atom. The van der Waals surface area contributed by atoms with Crippen LogP contribution < -0.4 is 0 Å². The third kappa shape index (κ3) is 2.93. The molecule has 108 valence electrons. The molecule has 0 aliphatic heterocycles. The van der Waals surface area contributed by atoms with E-state index in [9.17, 15) is 9.59 Å². The van der Waals surface area contributed by atoms with Crippen molar-refractivity contribution in [2.24, 2.45) is 29.1 Å². The van der Waals surface area contributed by atoms with Crippen LogP contribution in [0, 0.1) is 29.1 Å². The monoisotopic (exact) mass is 264 g/mol. The van der Waals surface area contributed by atoms with Crippen LogP contribution in [0.5, 0.6) is 0 Å². The van der Waals surface area contributed by atoms with E-state index in [1.54, 1.807) is 0 Å². The molecule has 0 aromatic rings. The number of carbonyl (C=O) groups excluding carboxylic acids is 2. The van der Waals surface area contributed by atoms with E-state index in [4.69, 9.17) is 0 Å². The Morgan fingerprint density at radius 3 is 1.53 bits per heavy atom. The molecule has 0 N–H and O–H groups in total. The summed E-state index contributed by atoms with van der Waals surface area (Å²) in [5.74, 6) is 3.14. The Balaban J connectivity index is 2.12. The SMILES string of the molecule is CC1CC(=O)CCC1C(C)(C)C1CCC(=O)CC1C. The standard InChI is InChI=1S/C17H28O2/c1-11-9-13(18)5-7-15(11)17(3,4)16-8-6-14(19)10-12(16)2/h11-12,15-16H,5-10H2,1-4H3. The fourth-order valence-corrected chi connectivity index (χ4v) is 4.89. The number of carbonyl (C=O) groups is 2. The van der Waals surface area contributed by atoms with Gasteiger partial charge in [-0.1, -0.05) is 27.7 Å². The lowest BCUT2D eigenvalue weighted by Crippen LogP contribution is -2.43. The molecule has 0 radical (unpaired) electrons. The Morgan fingerprint density at radius 1 is 0.842 bits per heavy atom. The van der Waals surface area contributed by atoms with Crippen LogP contribution >= 0.6 is 0 Å². The van der Waals surface area contributed by atoms with Crippen molar-refractivity contribution < 1.29 is 9.59 Å². The molecule has 2 aliphatic rings. The maximum atomic E-state index is 11.6. The first-order valence-electron chi connectivity index (χ1n) is 7.85. The minimum absolute atomic E-state index is 0.250. The number of ketones is 2. The quantitative estimate of drug-likeness (QED) is 0.754. The topological polar surface area (TPSA) is 34.1 Å². The van der Waals surface area contributed by atoms with E-state index in [0.29, 0.717) is 35.2 Å². The van der Waals surface area contributed by atoms with Crippen LogP contribution in [0.3, 0.4) is 0 Å². The summed E-state index contributed by atoms with van der Waals surface area (Å²) < 4.78 is 0. The van der Waals surface area contributed by atoms with Gasteiger partial charge in [0.05, 0.1) is 0 Å². The maximum absolute atomic E-state index is 11.6. The molecule has 2 fully saturated rings. The van der Waals surface area contributed by atoms with Crippen molar-refractivity contribution in [1.29, 1.82) is 0 Å². The molecule has 4 atom stereocenters. The third-order valence-corrected chi connectivity index (χ3v) is 5.85. The second-order valence-electron chi connectivity index (χ2n) is 7.55. The van der Waals surface area contributed by atoms with Gasteiger partial charge >= 0.3 is 0 Å². The smallest absolute Gasteiger partial charge is 0.133 e. The predicted octanol–water partition coefficient (Wildman–Crippen LogP) is 4.02. The van der Waals surface area contributed by atoms with Crippen LogP contribution in [-0.4, -0.2) is 11.6 Å². The summed E-state index contributed by atoms with van der Waals surface area (Å²) in [6, 6.07) is 0. The van der Waals surface area contributed by atoms with Crippen LogP contribution in [0.15, 0.2) is 0 Å². The third-order valence-electron chi connectivity index (χ3n) is 5.85. The lowest BCUT2D eigenvalue weighted by Gasteiger charge is -2.49. The van der Waals surface area contributed by atoms with Crippen molar-refractivity contribution in [2.75, 3.05) is 0 Å². The molecule has 0 spiro atoms. The summed E-state index contributed by atoms with van der Waals surface area (Å²) in [5.41, 5.74) is 0.250. The van der Waals surface area contributed by atoms with Gasteiger partial charge in [-0.3, -0.25) is 9.59 Å². The van der Waals surface area contributed by atoms with E-state index in [2.05, 4.69) is 27.7 Å². The first kappa shape index (κ1) is 14.7. The zero-order chi connectivity index (χ0) is 14.2. The van der Waals surface area contributed by atoms with Gasteiger partial charge < -0.3 is 0 Å². The molecule has 0 heterocycles. The van der Waals surface area contributed by atoms with Gasteiger partial charge in [-0.15, -0.1) is 0 Å². The average molecular weight is 264 g/mol. The molecule has 2 rings (SSSR count). The van der Waals surface area contributed by atoms with Gasteiger partial charge in [0.2, 0.25) is 0 Å². The zero-order valence-corrected chi connectivity index (χ0v) is 12.9. The van der Waals surface area contributed by atoms with Crippen molar-refractivity contribution in [1.82, 2.24) is 0 Å². The highest BCUT2D eigenvalue weighted by Crippen LogP contribution is 2.51. The number of hydrogen-bond acceptors (Lipinski definition) is 2. The summed E-state index contributed by atoms with van der Waals surface area (Å²) in [5, 5.41) is 0. The molecule has 0 saturated heterocycles. The molecule has 19 heavy (non-hydrogen) atoms. The summed E-state index contributed by atoms with van der Waals surface area (Å²) in [6.45, 7) is 9.23. The van der Waals surface area contributed by atoms with Crippen molar-refractivity contribution in [3.05, 3.63) is 0 Å². The molecular weight excluding hydrogens is 236 g/mol. The van der Waals surface area contributed by atoms with E-state index >= 15 is 0 Å². The molecule has 0 amide bonds. The highest BCUT2D eigenvalue weighted by atomic mass is 16.1. The second kappa shape index (κ2) is 5.38. The van der Waals surface area contributed by atoms with Crippen molar-refractivity contribution in [3.8, 4) is 0 Å².